The van der Waals surface area contributed by atoms with Gasteiger partial charge in [0.05, 0.1) is 24.4 Å². The first-order chi connectivity index (χ1) is 12.1. The van der Waals surface area contributed by atoms with Gasteiger partial charge in [0.15, 0.2) is 0 Å². The van der Waals surface area contributed by atoms with E-state index in [9.17, 15) is 4.79 Å². The van der Waals surface area contributed by atoms with Crippen LogP contribution in [0.5, 0.6) is 0 Å². The number of amides is 1. The van der Waals surface area contributed by atoms with E-state index in [0.717, 1.165) is 43.9 Å². The van der Waals surface area contributed by atoms with Crippen molar-refractivity contribution in [3.8, 4) is 11.4 Å². The van der Waals surface area contributed by atoms with Gasteiger partial charge < -0.3 is 4.90 Å². The molecule has 1 unspecified atom stereocenters. The molecule has 0 N–H and O–H groups in total. The normalized spacial score (nSPS) is 28.1. The predicted molar refractivity (Wildman–Crippen MR) is 93.5 cm³/mol. The Balaban J connectivity index is 1.43. The number of carbonyl (C=O) groups excluding carboxylic acids is 1. The van der Waals surface area contributed by atoms with Gasteiger partial charge in [-0.25, -0.2) is 0 Å². The van der Waals surface area contributed by atoms with Gasteiger partial charge in [0.1, 0.15) is 5.69 Å². The number of carbonyl (C=O) groups is 1. The highest BCUT2D eigenvalue weighted by atomic mass is 16.2. The summed E-state index contributed by atoms with van der Waals surface area (Å²) in [4.78, 5) is 20.9. The minimum Gasteiger partial charge on any atom is -0.349 e. The molecule has 5 rings (SSSR count). The van der Waals surface area contributed by atoms with Crippen LogP contribution in [0.1, 0.15) is 12.8 Å². The van der Waals surface area contributed by atoms with Crippen LogP contribution in [0.4, 0.5) is 0 Å². The first-order valence-electron chi connectivity index (χ1n) is 8.88. The zero-order valence-corrected chi connectivity index (χ0v) is 14.7. The van der Waals surface area contributed by atoms with E-state index >= 15 is 0 Å². The molecule has 1 amide bonds. The van der Waals surface area contributed by atoms with Crippen molar-refractivity contribution in [3.05, 3.63) is 30.6 Å². The van der Waals surface area contributed by atoms with Gasteiger partial charge in [0.2, 0.25) is 5.91 Å². The second kappa shape index (κ2) is 6.55. The quantitative estimate of drug-likeness (QED) is 0.835. The molecule has 3 aliphatic heterocycles. The molecule has 2 aromatic rings. The van der Waals surface area contributed by atoms with E-state index < -0.39 is 0 Å². The summed E-state index contributed by atoms with van der Waals surface area (Å²) in [6.45, 7) is 2.77. The van der Waals surface area contributed by atoms with Crippen LogP contribution in [0.2, 0.25) is 0 Å². The van der Waals surface area contributed by atoms with Crippen LogP contribution < -0.4 is 0 Å². The highest BCUT2D eigenvalue weighted by molar-refractivity contribution is 5.79. The Kier molecular flexibility index (Phi) is 4.25. The number of hydrogen-bond acceptors (Lipinski definition) is 5. The summed E-state index contributed by atoms with van der Waals surface area (Å²) < 4.78 is 1.91. The number of fused-ring (bicyclic) bond motifs is 3. The highest BCUT2D eigenvalue weighted by Crippen LogP contribution is 2.37. The van der Waals surface area contributed by atoms with Crippen LogP contribution in [-0.2, 0) is 11.3 Å². The Bertz CT molecular complexity index is 743. The number of hydrogen-bond donors (Lipinski definition) is 0. The fraction of sp³-hybridized carbons (Fsp3) is 0.556. The van der Waals surface area contributed by atoms with Crippen molar-refractivity contribution < 1.29 is 4.79 Å². The van der Waals surface area contributed by atoms with Crippen molar-refractivity contribution in [2.45, 2.75) is 25.4 Å². The number of aromatic nitrogens is 4. The Hall–Kier alpha value is -2.28. The molecule has 25 heavy (non-hydrogen) atoms. The molecule has 2 aromatic heterocycles. The summed E-state index contributed by atoms with van der Waals surface area (Å²) in [5.74, 6) is 0.912. The number of piperidine rings is 3. The Morgan fingerprint density at radius 1 is 1.32 bits per heavy atom. The van der Waals surface area contributed by atoms with Gasteiger partial charge in [-0.2, -0.15) is 0 Å². The standard InChI is InChI=1S/C18H24N6O/c1-22(2)18(25)15-11-23-8-6-13(15)9-14(23)10-24-12-17(20-21-24)16-5-3-4-7-19-16/h3-5,7,12-15H,6,8-11H2,1-2H3/t13-,14+,15+/m0/s1. The van der Waals surface area contributed by atoms with Gasteiger partial charge in [-0.05, 0) is 37.4 Å². The van der Waals surface area contributed by atoms with Crippen LogP contribution in [-0.4, -0.2) is 68.9 Å². The smallest absolute Gasteiger partial charge is 0.226 e. The largest absolute Gasteiger partial charge is 0.349 e. The molecule has 0 saturated carbocycles. The summed E-state index contributed by atoms with van der Waals surface area (Å²) in [6, 6.07) is 6.22. The lowest BCUT2D eigenvalue weighted by Crippen LogP contribution is -2.57. The minimum atomic E-state index is 0.153. The summed E-state index contributed by atoms with van der Waals surface area (Å²) in [5, 5.41) is 8.53. The first kappa shape index (κ1) is 16.2. The molecule has 0 aromatic carbocycles. The SMILES string of the molecule is CN(C)C(=O)[C@@H]1CN2CC[C@H]1C[C@@H]2Cn1cc(-c2ccccn2)nn1. The van der Waals surface area contributed by atoms with Crippen LogP contribution in [0.15, 0.2) is 30.6 Å². The fourth-order valence-electron chi connectivity index (χ4n) is 4.17. The molecule has 0 radical (unpaired) electrons. The number of pyridine rings is 1. The summed E-state index contributed by atoms with van der Waals surface area (Å²) in [7, 11) is 3.71. The van der Waals surface area contributed by atoms with Crippen molar-refractivity contribution in [2.75, 3.05) is 27.2 Å². The second-order valence-electron chi connectivity index (χ2n) is 7.31. The van der Waals surface area contributed by atoms with E-state index in [4.69, 9.17) is 0 Å². The maximum Gasteiger partial charge on any atom is 0.226 e. The second-order valence-corrected chi connectivity index (χ2v) is 7.31. The molecule has 3 saturated heterocycles. The third-order valence-corrected chi connectivity index (χ3v) is 5.50. The van der Waals surface area contributed by atoms with Crippen LogP contribution in [0, 0.1) is 11.8 Å². The van der Waals surface area contributed by atoms with Crippen molar-refractivity contribution in [1.29, 1.82) is 0 Å². The van der Waals surface area contributed by atoms with E-state index in [1.54, 1.807) is 11.1 Å². The summed E-state index contributed by atoms with van der Waals surface area (Å²) in [6.07, 6.45) is 5.91. The lowest BCUT2D eigenvalue weighted by Gasteiger charge is -2.49. The van der Waals surface area contributed by atoms with Gasteiger partial charge in [-0.3, -0.25) is 19.4 Å². The maximum atomic E-state index is 12.4. The van der Waals surface area contributed by atoms with Crippen LogP contribution >= 0.6 is 0 Å². The highest BCUT2D eigenvalue weighted by Gasteiger charge is 2.43. The van der Waals surface area contributed by atoms with E-state index in [-0.39, 0.29) is 11.8 Å². The topological polar surface area (TPSA) is 67.2 Å². The van der Waals surface area contributed by atoms with E-state index in [1.807, 2.05) is 43.2 Å². The fourth-order valence-corrected chi connectivity index (χ4v) is 4.17. The molecule has 132 valence electrons. The van der Waals surface area contributed by atoms with Crippen LogP contribution in [0.3, 0.4) is 0 Å². The average Bonchev–Trinajstić information content (AvgIpc) is 3.11. The van der Waals surface area contributed by atoms with Gasteiger partial charge in [0.25, 0.3) is 0 Å². The first-order valence-corrected chi connectivity index (χ1v) is 8.88. The minimum absolute atomic E-state index is 0.153. The van der Waals surface area contributed by atoms with E-state index in [2.05, 4.69) is 20.2 Å². The monoisotopic (exact) mass is 340 g/mol. The van der Waals surface area contributed by atoms with Gasteiger partial charge in [-0.1, -0.05) is 11.3 Å². The van der Waals surface area contributed by atoms with Crippen LogP contribution in [0.25, 0.3) is 11.4 Å². The van der Waals surface area contributed by atoms with E-state index in [1.165, 1.54) is 0 Å². The molecule has 7 heteroatoms. The summed E-state index contributed by atoms with van der Waals surface area (Å²) in [5.41, 5.74) is 1.65. The molecule has 7 nitrogen and oxygen atoms in total. The zero-order valence-electron chi connectivity index (χ0n) is 14.7. The van der Waals surface area contributed by atoms with Crippen molar-refractivity contribution in [2.24, 2.45) is 11.8 Å². The van der Waals surface area contributed by atoms with Gasteiger partial charge in [-0.15, -0.1) is 5.10 Å². The lowest BCUT2D eigenvalue weighted by molar-refractivity contribution is -0.141. The lowest BCUT2D eigenvalue weighted by atomic mass is 9.75. The molecule has 0 aliphatic carbocycles. The third kappa shape index (κ3) is 3.16. The van der Waals surface area contributed by atoms with Gasteiger partial charge >= 0.3 is 0 Å². The Morgan fingerprint density at radius 3 is 2.88 bits per heavy atom. The zero-order chi connectivity index (χ0) is 17.4. The van der Waals surface area contributed by atoms with Crippen molar-refractivity contribution >= 4 is 5.91 Å². The molecule has 5 heterocycles. The Labute approximate surface area is 147 Å². The summed E-state index contributed by atoms with van der Waals surface area (Å²) >= 11 is 0. The van der Waals surface area contributed by atoms with Crippen molar-refractivity contribution in [1.82, 2.24) is 29.8 Å². The maximum absolute atomic E-state index is 12.4. The van der Waals surface area contributed by atoms with Crippen molar-refractivity contribution in [3.63, 3.8) is 0 Å². The number of rotatable bonds is 4. The molecule has 2 bridgehead atoms. The predicted octanol–water partition coefficient (Wildman–Crippen LogP) is 1.14. The molecule has 0 spiro atoms. The molecule has 3 fully saturated rings. The average molecular weight is 340 g/mol. The number of nitrogens with zero attached hydrogens (tertiary/aromatic N) is 6. The molecule has 4 atom stereocenters. The third-order valence-electron chi connectivity index (χ3n) is 5.50. The Morgan fingerprint density at radius 2 is 2.20 bits per heavy atom. The molecular weight excluding hydrogens is 316 g/mol. The molecule has 3 aliphatic rings. The van der Waals surface area contributed by atoms with Gasteiger partial charge in [0, 0.05) is 32.9 Å². The molecular formula is C18H24N6O. The van der Waals surface area contributed by atoms with E-state index in [0.29, 0.717) is 12.0 Å².